The average Bonchev–Trinajstić information content (AvgIpc) is 3.01. The summed E-state index contributed by atoms with van der Waals surface area (Å²) in [6.07, 6.45) is 6.09. The first-order valence-electron chi connectivity index (χ1n) is 8.44. The van der Waals surface area contributed by atoms with Gasteiger partial charge in [0.15, 0.2) is 0 Å². The third-order valence-electron chi connectivity index (χ3n) is 5.00. The van der Waals surface area contributed by atoms with Crippen LogP contribution in [0.4, 0.5) is 4.39 Å². The van der Waals surface area contributed by atoms with Gasteiger partial charge in [0.05, 0.1) is 5.69 Å². The predicted molar refractivity (Wildman–Crippen MR) is 91.0 cm³/mol. The molecule has 23 heavy (non-hydrogen) atoms. The number of rotatable bonds is 3. The Labute approximate surface area is 138 Å². The quantitative estimate of drug-likeness (QED) is 0.843. The zero-order chi connectivity index (χ0) is 16.4. The molecule has 0 atom stereocenters. The lowest BCUT2D eigenvalue weighted by Crippen LogP contribution is -2.37. The molecule has 1 aromatic carbocycles. The zero-order valence-electron chi connectivity index (χ0n) is 14.3. The van der Waals surface area contributed by atoms with E-state index in [1.807, 2.05) is 23.0 Å². The summed E-state index contributed by atoms with van der Waals surface area (Å²) in [6, 6.07) is 6.86. The molecule has 1 aliphatic heterocycles. The van der Waals surface area contributed by atoms with Gasteiger partial charge in [-0.05, 0) is 67.1 Å². The van der Waals surface area contributed by atoms with E-state index in [1.165, 1.54) is 18.9 Å². The summed E-state index contributed by atoms with van der Waals surface area (Å²) in [5, 5.41) is 4.29. The van der Waals surface area contributed by atoms with Crippen molar-refractivity contribution >= 4 is 0 Å². The van der Waals surface area contributed by atoms with Gasteiger partial charge in [-0.3, -0.25) is 4.90 Å². The maximum atomic E-state index is 13.7. The van der Waals surface area contributed by atoms with Gasteiger partial charge in [-0.2, -0.15) is 5.10 Å². The van der Waals surface area contributed by atoms with Gasteiger partial charge in [0.2, 0.25) is 0 Å². The van der Waals surface area contributed by atoms with Crippen molar-refractivity contribution in [3.63, 3.8) is 0 Å². The summed E-state index contributed by atoms with van der Waals surface area (Å²) in [4.78, 5) is 2.43. The Bertz CT molecular complexity index is 635. The Kier molecular flexibility index (Phi) is 4.53. The second-order valence-corrected chi connectivity index (χ2v) is 7.64. The van der Waals surface area contributed by atoms with Crippen LogP contribution in [-0.2, 0) is 6.54 Å². The highest BCUT2D eigenvalue weighted by Crippen LogP contribution is 2.34. The number of aromatic nitrogens is 2. The molecule has 0 bridgehead atoms. The van der Waals surface area contributed by atoms with Gasteiger partial charge in [0, 0.05) is 18.9 Å². The van der Waals surface area contributed by atoms with Crippen LogP contribution in [0.3, 0.4) is 0 Å². The van der Waals surface area contributed by atoms with Crippen molar-refractivity contribution in [1.29, 1.82) is 0 Å². The summed E-state index contributed by atoms with van der Waals surface area (Å²) >= 11 is 0. The van der Waals surface area contributed by atoms with Gasteiger partial charge >= 0.3 is 0 Å². The molecule has 0 unspecified atom stereocenters. The van der Waals surface area contributed by atoms with E-state index in [0.717, 1.165) is 36.8 Å². The van der Waals surface area contributed by atoms with Crippen LogP contribution in [0.15, 0.2) is 36.7 Å². The largest absolute Gasteiger partial charge is 0.299 e. The third-order valence-corrected chi connectivity index (χ3v) is 5.00. The van der Waals surface area contributed by atoms with Crippen molar-refractivity contribution < 1.29 is 4.39 Å². The number of halogens is 1. The lowest BCUT2D eigenvalue weighted by atomic mass is 9.75. The predicted octanol–water partition coefficient (Wildman–Crippen LogP) is 4.27. The Morgan fingerprint density at radius 3 is 2.57 bits per heavy atom. The summed E-state index contributed by atoms with van der Waals surface area (Å²) in [6.45, 7) is 9.93. The fourth-order valence-corrected chi connectivity index (χ4v) is 3.51. The second kappa shape index (κ2) is 6.44. The number of nitrogens with zero attached hydrogens (tertiary/aromatic N) is 3. The molecule has 1 aliphatic rings. The summed E-state index contributed by atoms with van der Waals surface area (Å²) in [5.41, 5.74) is 2.35. The Hall–Kier alpha value is -1.68. The van der Waals surface area contributed by atoms with Crippen LogP contribution in [0.25, 0.3) is 5.69 Å². The van der Waals surface area contributed by atoms with E-state index in [0.29, 0.717) is 5.41 Å². The molecular formula is C19H26FN3. The molecule has 1 fully saturated rings. The average molecular weight is 315 g/mol. The Balaban J connectivity index is 1.73. The molecule has 0 spiro atoms. The summed E-state index contributed by atoms with van der Waals surface area (Å²) in [5.74, 6) is 0.595. The van der Waals surface area contributed by atoms with Crippen molar-refractivity contribution in [2.45, 2.75) is 40.2 Å². The zero-order valence-corrected chi connectivity index (χ0v) is 14.3. The van der Waals surface area contributed by atoms with Crippen molar-refractivity contribution in [2.24, 2.45) is 11.3 Å². The second-order valence-electron chi connectivity index (χ2n) is 7.64. The molecule has 0 amide bonds. The van der Waals surface area contributed by atoms with Crippen LogP contribution in [0.1, 0.15) is 39.2 Å². The smallest absolute Gasteiger partial charge is 0.123 e. The normalized spacial score (nSPS) is 17.6. The maximum absolute atomic E-state index is 13.7. The number of likely N-dealkylation sites (tertiary alicyclic amines) is 1. The SMILES string of the molecule is CC(C)(C)C1CCN(Cc2cc(F)ccc2-n2cccn2)CC1. The topological polar surface area (TPSA) is 21.1 Å². The molecule has 0 saturated carbocycles. The fourth-order valence-electron chi connectivity index (χ4n) is 3.51. The first-order chi connectivity index (χ1) is 10.9. The van der Waals surface area contributed by atoms with E-state index in [1.54, 1.807) is 12.3 Å². The summed E-state index contributed by atoms with van der Waals surface area (Å²) in [7, 11) is 0. The highest BCUT2D eigenvalue weighted by Gasteiger charge is 2.28. The monoisotopic (exact) mass is 315 g/mol. The van der Waals surface area contributed by atoms with Gasteiger partial charge < -0.3 is 0 Å². The van der Waals surface area contributed by atoms with E-state index in [4.69, 9.17) is 0 Å². The van der Waals surface area contributed by atoms with E-state index in [2.05, 4.69) is 30.8 Å². The van der Waals surface area contributed by atoms with Crippen LogP contribution in [0.5, 0.6) is 0 Å². The van der Waals surface area contributed by atoms with Crippen molar-refractivity contribution in [1.82, 2.24) is 14.7 Å². The first kappa shape index (κ1) is 16.2. The minimum Gasteiger partial charge on any atom is -0.299 e. The highest BCUT2D eigenvalue weighted by atomic mass is 19.1. The van der Waals surface area contributed by atoms with Crippen LogP contribution in [-0.4, -0.2) is 27.8 Å². The van der Waals surface area contributed by atoms with Crippen molar-refractivity contribution in [2.75, 3.05) is 13.1 Å². The van der Waals surface area contributed by atoms with Crippen molar-refractivity contribution in [3.05, 3.63) is 48.0 Å². The molecule has 0 radical (unpaired) electrons. The number of piperidine rings is 1. The number of hydrogen-bond acceptors (Lipinski definition) is 2. The molecule has 0 aliphatic carbocycles. The molecule has 0 N–H and O–H groups in total. The molecular weight excluding hydrogens is 289 g/mol. The third kappa shape index (κ3) is 3.81. The van der Waals surface area contributed by atoms with Gasteiger partial charge in [0.1, 0.15) is 5.82 Å². The lowest BCUT2D eigenvalue weighted by molar-refractivity contribution is 0.108. The summed E-state index contributed by atoms with van der Waals surface area (Å²) < 4.78 is 15.5. The Morgan fingerprint density at radius 1 is 1.22 bits per heavy atom. The van der Waals surface area contributed by atoms with Gasteiger partial charge in [0.25, 0.3) is 0 Å². The lowest BCUT2D eigenvalue weighted by Gasteiger charge is -2.39. The fraction of sp³-hybridized carbons (Fsp3) is 0.526. The molecule has 2 aromatic rings. The van der Waals surface area contributed by atoms with Crippen LogP contribution >= 0.6 is 0 Å². The molecule has 1 aromatic heterocycles. The molecule has 124 valence electrons. The minimum absolute atomic E-state index is 0.180. The number of benzene rings is 1. The van der Waals surface area contributed by atoms with E-state index < -0.39 is 0 Å². The molecule has 2 heterocycles. The van der Waals surface area contributed by atoms with E-state index in [9.17, 15) is 4.39 Å². The van der Waals surface area contributed by atoms with Gasteiger partial charge in [-0.25, -0.2) is 9.07 Å². The van der Waals surface area contributed by atoms with Crippen LogP contribution < -0.4 is 0 Å². The number of hydrogen-bond donors (Lipinski definition) is 0. The first-order valence-corrected chi connectivity index (χ1v) is 8.44. The van der Waals surface area contributed by atoms with Gasteiger partial charge in [-0.15, -0.1) is 0 Å². The van der Waals surface area contributed by atoms with Crippen LogP contribution in [0.2, 0.25) is 0 Å². The standard InChI is InChI=1S/C19H26FN3/c1-19(2,3)16-7-11-22(12-8-16)14-15-13-17(20)5-6-18(15)23-10-4-9-21-23/h4-6,9-10,13,16H,7-8,11-12,14H2,1-3H3. The van der Waals surface area contributed by atoms with Gasteiger partial charge in [-0.1, -0.05) is 20.8 Å². The van der Waals surface area contributed by atoms with Crippen molar-refractivity contribution in [3.8, 4) is 5.69 Å². The highest BCUT2D eigenvalue weighted by molar-refractivity contribution is 5.40. The molecule has 3 nitrogen and oxygen atoms in total. The van der Waals surface area contributed by atoms with E-state index >= 15 is 0 Å². The minimum atomic E-state index is -0.180. The molecule has 1 saturated heterocycles. The maximum Gasteiger partial charge on any atom is 0.123 e. The van der Waals surface area contributed by atoms with E-state index in [-0.39, 0.29) is 5.82 Å². The molecule has 3 rings (SSSR count). The Morgan fingerprint density at radius 2 is 1.96 bits per heavy atom. The van der Waals surface area contributed by atoms with Crippen LogP contribution in [0, 0.1) is 17.2 Å². The molecule has 4 heteroatoms.